The minimum atomic E-state index is 0.393. The summed E-state index contributed by atoms with van der Waals surface area (Å²) in [7, 11) is 3.69. The van der Waals surface area contributed by atoms with Gasteiger partial charge >= 0.3 is 0 Å². The standard InChI is InChI=1S/C18H34N4O2/c1-19-17(22-9-5-18(14-22)6-11-24-15-18)20-13-16-3-7-21(8-4-16)10-12-23-2/h16H,3-15H2,1-2H3,(H,19,20). The molecule has 138 valence electrons. The fourth-order valence-corrected chi connectivity index (χ4v) is 4.29. The van der Waals surface area contributed by atoms with Crippen LogP contribution in [-0.2, 0) is 9.47 Å². The summed E-state index contributed by atoms with van der Waals surface area (Å²) in [4.78, 5) is 9.47. The molecule has 0 aromatic heterocycles. The molecule has 3 rings (SSSR count). The van der Waals surface area contributed by atoms with E-state index in [1.165, 1.54) is 38.8 Å². The molecule has 6 nitrogen and oxygen atoms in total. The van der Waals surface area contributed by atoms with Gasteiger partial charge in [0.2, 0.25) is 0 Å². The zero-order valence-electron chi connectivity index (χ0n) is 15.4. The monoisotopic (exact) mass is 338 g/mol. The Morgan fingerprint density at radius 1 is 1.29 bits per heavy atom. The molecule has 0 aromatic rings. The van der Waals surface area contributed by atoms with Gasteiger partial charge in [-0.05, 0) is 44.7 Å². The molecule has 3 heterocycles. The van der Waals surface area contributed by atoms with E-state index in [2.05, 4.69) is 20.1 Å². The number of piperidine rings is 1. The number of hydrogen-bond acceptors (Lipinski definition) is 4. The predicted molar refractivity (Wildman–Crippen MR) is 96.5 cm³/mol. The second kappa shape index (κ2) is 8.50. The lowest BCUT2D eigenvalue weighted by atomic mass is 9.87. The first kappa shape index (κ1) is 18.0. The molecule has 24 heavy (non-hydrogen) atoms. The Labute approximate surface area is 146 Å². The predicted octanol–water partition coefficient (Wildman–Crippen LogP) is 1.03. The highest BCUT2D eigenvalue weighted by molar-refractivity contribution is 5.80. The average Bonchev–Trinajstić information content (AvgIpc) is 3.25. The van der Waals surface area contributed by atoms with Gasteiger partial charge in [0, 0.05) is 52.4 Å². The second-order valence-electron chi connectivity index (χ2n) is 7.68. The van der Waals surface area contributed by atoms with Crippen LogP contribution in [0.15, 0.2) is 4.99 Å². The Hall–Kier alpha value is -0.850. The summed E-state index contributed by atoms with van der Waals surface area (Å²) in [6.07, 6.45) is 4.99. The highest BCUT2D eigenvalue weighted by atomic mass is 16.5. The van der Waals surface area contributed by atoms with E-state index in [0.29, 0.717) is 5.41 Å². The minimum absolute atomic E-state index is 0.393. The van der Waals surface area contributed by atoms with Gasteiger partial charge in [0.1, 0.15) is 0 Å². The second-order valence-corrected chi connectivity index (χ2v) is 7.68. The summed E-state index contributed by atoms with van der Waals surface area (Å²) < 4.78 is 10.8. The molecule has 1 spiro atoms. The van der Waals surface area contributed by atoms with Crippen LogP contribution in [0, 0.1) is 11.3 Å². The SMILES string of the molecule is CN=C(NCC1CCN(CCOC)CC1)N1CCC2(CCOC2)C1. The molecule has 0 saturated carbocycles. The lowest BCUT2D eigenvalue weighted by Crippen LogP contribution is -2.45. The largest absolute Gasteiger partial charge is 0.383 e. The number of hydrogen-bond donors (Lipinski definition) is 1. The fraction of sp³-hybridized carbons (Fsp3) is 0.944. The lowest BCUT2D eigenvalue weighted by molar-refractivity contribution is 0.120. The molecule has 1 unspecified atom stereocenters. The molecule has 1 atom stereocenters. The van der Waals surface area contributed by atoms with Crippen LogP contribution >= 0.6 is 0 Å². The van der Waals surface area contributed by atoms with Gasteiger partial charge in [-0.25, -0.2) is 0 Å². The van der Waals surface area contributed by atoms with Crippen LogP contribution in [0.25, 0.3) is 0 Å². The van der Waals surface area contributed by atoms with Crippen LogP contribution in [0.1, 0.15) is 25.7 Å². The summed E-state index contributed by atoms with van der Waals surface area (Å²) >= 11 is 0. The van der Waals surface area contributed by atoms with E-state index < -0.39 is 0 Å². The van der Waals surface area contributed by atoms with Crippen molar-refractivity contribution in [2.75, 3.05) is 73.2 Å². The highest BCUT2D eigenvalue weighted by Crippen LogP contribution is 2.38. The molecule has 0 aromatic carbocycles. The van der Waals surface area contributed by atoms with Gasteiger partial charge in [-0.3, -0.25) is 4.99 Å². The number of methoxy groups -OCH3 is 1. The topological polar surface area (TPSA) is 49.3 Å². The summed E-state index contributed by atoms with van der Waals surface area (Å²) in [5.74, 6) is 1.84. The van der Waals surface area contributed by atoms with E-state index in [-0.39, 0.29) is 0 Å². The van der Waals surface area contributed by atoms with Crippen molar-refractivity contribution in [1.82, 2.24) is 15.1 Å². The third kappa shape index (κ3) is 4.41. The molecule has 0 radical (unpaired) electrons. The van der Waals surface area contributed by atoms with Crippen LogP contribution in [-0.4, -0.2) is 89.0 Å². The van der Waals surface area contributed by atoms with Gasteiger partial charge in [0.05, 0.1) is 13.2 Å². The highest BCUT2D eigenvalue weighted by Gasteiger charge is 2.42. The maximum atomic E-state index is 5.64. The number of aliphatic imine (C=N–C) groups is 1. The molecule has 1 N–H and O–H groups in total. The summed E-state index contributed by atoms with van der Waals surface area (Å²) in [6.45, 7) is 9.41. The van der Waals surface area contributed by atoms with E-state index in [9.17, 15) is 0 Å². The van der Waals surface area contributed by atoms with Crippen molar-refractivity contribution < 1.29 is 9.47 Å². The van der Waals surface area contributed by atoms with E-state index in [1.54, 1.807) is 7.11 Å². The number of guanidine groups is 1. The normalized spacial score (nSPS) is 29.8. The Bertz CT molecular complexity index is 415. The molecule has 3 saturated heterocycles. The molecule has 0 bridgehead atoms. The first-order chi connectivity index (χ1) is 11.7. The first-order valence-corrected chi connectivity index (χ1v) is 9.49. The van der Waals surface area contributed by atoms with Gasteiger partial charge in [-0.2, -0.15) is 0 Å². The Balaban J connectivity index is 1.39. The molecule has 3 fully saturated rings. The smallest absolute Gasteiger partial charge is 0.193 e. The first-order valence-electron chi connectivity index (χ1n) is 9.49. The summed E-state index contributed by atoms with van der Waals surface area (Å²) in [5, 5.41) is 3.64. The maximum Gasteiger partial charge on any atom is 0.193 e. The molecule has 6 heteroatoms. The van der Waals surface area contributed by atoms with Crippen LogP contribution in [0.3, 0.4) is 0 Å². The average molecular weight is 338 g/mol. The van der Waals surface area contributed by atoms with Crippen LogP contribution < -0.4 is 5.32 Å². The Morgan fingerprint density at radius 2 is 2.12 bits per heavy atom. The number of likely N-dealkylation sites (tertiary alicyclic amines) is 2. The van der Waals surface area contributed by atoms with E-state index in [4.69, 9.17) is 9.47 Å². The number of rotatable bonds is 5. The summed E-state index contributed by atoms with van der Waals surface area (Å²) in [5.41, 5.74) is 0.393. The quantitative estimate of drug-likeness (QED) is 0.599. The Morgan fingerprint density at radius 3 is 2.79 bits per heavy atom. The van der Waals surface area contributed by atoms with Crippen LogP contribution in [0.5, 0.6) is 0 Å². The number of nitrogens with one attached hydrogen (secondary N) is 1. The van der Waals surface area contributed by atoms with Crippen molar-refractivity contribution in [3.63, 3.8) is 0 Å². The minimum Gasteiger partial charge on any atom is -0.383 e. The third-order valence-corrected chi connectivity index (χ3v) is 6.00. The van der Waals surface area contributed by atoms with E-state index in [1.807, 2.05) is 7.05 Å². The summed E-state index contributed by atoms with van der Waals surface area (Å²) in [6, 6.07) is 0. The third-order valence-electron chi connectivity index (χ3n) is 6.00. The van der Waals surface area contributed by atoms with Gasteiger partial charge in [-0.1, -0.05) is 0 Å². The Kier molecular flexibility index (Phi) is 6.36. The number of nitrogens with zero attached hydrogens (tertiary/aromatic N) is 3. The van der Waals surface area contributed by atoms with Crippen molar-refractivity contribution >= 4 is 5.96 Å². The molecule has 0 aliphatic carbocycles. The van der Waals surface area contributed by atoms with Crippen molar-refractivity contribution in [1.29, 1.82) is 0 Å². The zero-order chi connectivity index (χ0) is 16.8. The molecular formula is C18H34N4O2. The van der Waals surface area contributed by atoms with Gasteiger partial charge in [0.25, 0.3) is 0 Å². The van der Waals surface area contributed by atoms with Crippen molar-refractivity contribution in [3.8, 4) is 0 Å². The van der Waals surface area contributed by atoms with E-state index in [0.717, 1.165) is 57.9 Å². The van der Waals surface area contributed by atoms with Crippen LogP contribution in [0.2, 0.25) is 0 Å². The van der Waals surface area contributed by atoms with E-state index >= 15 is 0 Å². The molecular weight excluding hydrogens is 304 g/mol. The fourth-order valence-electron chi connectivity index (χ4n) is 4.29. The lowest BCUT2D eigenvalue weighted by Gasteiger charge is -2.32. The van der Waals surface area contributed by atoms with Crippen molar-refractivity contribution in [2.45, 2.75) is 25.7 Å². The van der Waals surface area contributed by atoms with Gasteiger partial charge < -0.3 is 24.6 Å². The van der Waals surface area contributed by atoms with Gasteiger partial charge in [-0.15, -0.1) is 0 Å². The molecule has 0 amide bonds. The number of ether oxygens (including phenoxy) is 2. The van der Waals surface area contributed by atoms with Gasteiger partial charge in [0.15, 0.2) is 5.96 Å². The maximum absolute atomic E-state index is 5.64. The molecule has 3 aliphatic heterocycles. The van der Waals surface area contributed by atoms with Crippen molar-refractivity contribution in [3.05, 3.63) is 0 Å². The van der Waals surface area contributed by atoms with Crippen molar-refractivity contribution in [2.24, 2.45) is 16.3 Å². The molecule has 3 aliphatic rings. The zero-order valence-corrected chi connectivity index (χ0v) is 15.4. The van der Waals surface area contributed by atoms with Crippen LogP contribution in [0.4, 0.5) is 0 Å².